The molecule has 104 valence electrons. The zero-order valence-electron chi connectivity index (χ0n) is 11.7. The number of hydrogen-bond donors (Lipinski definition) is 1. The Morgan fingerprint density at radius 2 is 2.00 bits per heavy atom. The lowest BCUT2D eigenvalue weighted by atomic mass is 10.1. The zero-order chi connectivity index (χ0) is 13.7. The van der Waals surface area contributed by atoms with Crippen molar-refractivity contribution in [1.82, 2.24) is 15.1 Å². The summed E-state index contributed by atoms with van der Waals surface area (Å²) in [7, 11) is 5.16. The molecule has 5 nitrogen and oxygen atoms in total. The number of nitrogens with zero attached hydrogens (tertiary/aromatic N) is 2. The van der Waals surface area contributed by atoms with E-state index >= 15 is 0 Å². The molecule has 0 radical (unpaired) electrons. The molecule has 0 saturated heterocycles. The van der Waals surface area contributed by atoms with Gasteiger partial charge in [-0.3, -0.25) is 4.68 Å². The molecule has 0 amide bonds. The van der Waals surface area contributed by atoms with Crippen LogP contribution in [0.1, 0.15) is 18.3 Å². The van der Waals surface area contributed by atoms with E-state index in [9.17, 15) is 0 Å². The third kappa shape index (κ3) is 3.45. The van der Waals surface area contributed by atoms with Gasteiger partial charge in [0.2, 0.25) is 0 Å². The van der Waals surface area contributed by atoms with Crippen LogP contribution >= 0.6 is 11.6 Å². The molecule has 0 aliphatic heterocycles. The summed E-state index contributed by atoms with van der Waals surface area (Å²) in [5.41, 5.74) is 1.83. The highest BCUT2D eigenvalue weighted by molar-refractivity contribution is 6.31. The Hall–Kier alpha value is -0.620. The summed E-state index contributed by atoms with van der Waals surface area (Å²) in [6, 6.07) is 0.0392. The van der Waals surface area contributed by atoms with E-state index in [2.05, 4.69) is 10.4 Å². The summed E-state index contributed by atoms with van der Waals surface area (Å²) in [5.74, 6) is 0. The van der Waals surface area contributed by atoms with E-state index in [-0.39, 0.29) is 12.3 Å². The van der Waals surface area contributed by atoms with Gasteiger partial charge in [0.05, 0.1) is 22.5 Å². The number of aromatic nitrogens is 2. The summed E-state index contributed by atoms with van der Waals surface area (Å²) < 4.78 is 12.4. The molecule has 0 spiro atoms. The largest absolute Gasteiger partial charge is 0.354 e. The van der Waals surface area contributed by atoms with E-state index < -0.39 is 0 Å². The summed E-state index contributed by atoms with van der Waals surface area (Å²) >= 11 is 6.26. The standard InChI is InChI=1S/C12H22ClN3O2/c1-6-14-9(12(17-4)18-5)7-10-11(13)8(2)15-16(10)3/h9,12,14H,6-7H2,1-5H3. The van der Waals surface area contributed by atoms with Gasteiger partial charge in [-0.05, 0) is 13.5 Å². The molecule has 0 saturated carbocycles. The van der Waals surface area contributed by atoms with Crippen molar-refractivity contribution in [2.24, 2.45) is 7.05 Å². The summed E-state index contributed by atoms with van der Waals surface area (Å²) in [6.45, 7) is 4.78. The molecule has 0 fully saturated rings. The minimum atomic E-state index is -0.309. The average Bonchev–Trinajstić information content (AvgIpc) is 2.57. The van der Waals surface area contributed by atoms with Gasteiger partial charge >= 0.3 is 0 Å². The lowest BCUT2D eigenvalue weighted by Crippen LogP contribution is -2.44. The van der Waals surface area contributed by atoms with E-state index in [0.717, 1.165) is 17.9 Å². The van der Waals surface area contributed by atoms with Crippen LogP contribution in [0.25, 0.3) is 0 Å². The van der Waals surface area contributed by atoms with E-state index in [4.69, 9.17) is 21.1 Å². The second-order valence-electron chi connectivity index (χ2n) is 4.18. The fraction of sp³-hybridized carbons (Fsp3) is 0.750. The third-order valence-electron chi connectivity index (χ3n) is 2.93. The van der Waals surface area contributed by atoms with Crippen LogP contribution in [0.5, 0.6) is 0 Å². The SMILES string of the molecule is CCNC(Cc1c(Cl)c(C)nn1C)C(OC)OC. The second kappa shape index (κ2) is 7.09. The second-order valence-corrected chi connectivity index (χ2v) is 4.56. The van der Waals surface area contributed by atoms with Crippen LogP contribution in [0.3, 0.4) is 0 Å². The van der Waals surface area contributed by atoms with E-state index in [1.807, 2.05) is 25.6 Å². The van der Waals surface area contributed by atoms with Crippen LogP contribution in [0, 0.1) is 6.92 Å². The van der Waals surface area contributed by atoms with E-state index in [1.165, 1.54) is 0 Å². The topological polar surface area (TPSA) is 48.3 Å². The van der Waals surface area contributed by atoms with E-state index in [0.29, 0.717) is 11.4 Å². The molecule has 1 N–H and O–H groups in total. The van der Waals surface area contributed by atoms with Crippen molar-refractivity contribution in [1.29, 1.82) is 0 Å². The molecule has 1 rings (SSSR count). The molecule has 18 heavy (non-hydrogen) atoms. The van der Waals surface area contributed by atoms with Crippen LogP contribution < -0.4 is 5.32 Å². The average molecular weight is 276 g/mol. The number of rotatable bonds is 7. The fourth-order valence-corrected chi connectivity index (χ4v) is 2.30. The Kier molecular flexibility index (Phi) is 6.08. The van der Waals surface area contributed by atoms with Crippen molar-refractivity contribution in [2.45, 2.75) is 32.6 Å². The maximum Gasteiger partial charge on any atom is 0.172 e. The van der Waals surface area contributed by atoms with Gasteiger partial charge in [0, 0.05) is 27.7 Å². The quantitative estimate of drug-likeness (QED) is 0.767. The minimum Gasteiger partial charge on any atom is -0.354 e. The molecule has 1 heterocycles. The van der Waals surface area contributed by atoms with Crippen molar-refractivity contribution in [3.8, 4) is 0 Å². The van der Waals surface area contributed by atoms with Gasteiger partial charge in [-0.1, -0.05) is 18.5 Å². The Morgan fingerprint density at radius 1 is 1.39 bits per heavy atom. The minimum absolute atomic E-state index is 0.0392. The molecule has 1 aromatic heterocycles. The van der Waals surface area contributed by atoms with Gasteiger partial charge in [-0.2, -0.15) is 5.10 Å². The Balaban J connectivity index is 2.88. The van der Waals surface area contributed by atoms with Crippen LogP contribution in [0.2, 0.25) is 5.02 Å². The van der Waals surface area contributed by atoms with Crippen LogP contribution in [-0.4, -0.2) is 42.9 Å². The number of likely N-dealkylation sites (N-methyl/N-ethyl adjacent to an activating group) is 1. The van der Waals surface area contributed by atoms with Gasteiger partial charge in [0.1, 0.15) is 0 Å². The number of nitrogens with one attached hydrogen (secondary N) is 1. The molecular weight excluding hydrogens is 254 g/mol. The monoisotopic (exact) mass is 275 g/mol. The Morgan fingerprint density at radius 3 is 2.39 bits per heavy atom. The molecule has 1 atom stereocenters. The van der Waals surface area contributed by atoms with Gasteiger partial charge in [0.25, 0.3) is 0 Å². The predicted molar refractivity (Wildman–Crippen MR) is 71.9 cm³/mol. The third-order valence-corrected chi connectivity index (χ3v) is 3.43. The maximum atomic E-state index is 6.26. The van der Waals surface area contributed by atoms with Crippen LogP contribution in [0.4, 0.5) is 0 Å². The Bertz CT molecular complexity index is 378. The number of ether oxygens (including phenoxy) is 2. The predicted octanol–water partition coefficient (Wildman–Crippen LogP) is 1.52. The summed E-state index contributed by atoms with van der Waals surface area (Å²) in [6.07, 6.45) is 0.396. The Labute approximate surface area is 113 Å². The van der Waals surface area contributed by atoms with Crippen molar-refractivity contribution in [3.63, 3.8) is 0 Å². The molecule has 0 aliphatic rings. The highest BCUT2D eigenvalue weighted by atomic mass is 35.5. The van der Waals surface area contributed by atoms with Crippen LogP contribution in [-0.2, 0) is 22.9 Å². The normalized spacial score (nSPS) is 13.3. The molecule has 1 unspecified atom stereocenters. The summed E-state index contributed by atoms with van der Waals surface area (Å²) in [5, 5.41) is 8.37. The maximum absolute atomic E-state index is 6.26. The summed E-state index contributed by atoms with van der Waals surface area (Å²) in [4.78, 5) is 0. The smallest absolute Gasteiger partial charge is 0.172 e. The van der Waals surface area contributed by atoms with Gasteiger partial charge in [-0.15, -0.1) is 0 Å². The molecule has 0 aliphatic carbocycles. The number of aryl methyl sites for hydroxylation is 2. The molecule has 1 aromatic rings. The van der Waals surface area contributed by atoms with Gasteiger partial charge < -0.3 is 14.8 Å². The lowest BCUT2D eigenvalue weighted by Gasteiger charge is -2.25. The van der Waals surface area contributed by atoms with Crippen LogP contribution in [0.15, 0.2) is 0 Å². The first kappa shape index (κ1) is 15.4. The molecular formula is C12H22ClN3O2. The zero-order valence-corrected chi connectivity index (χ0v) is 12.4. The lowest BCUT2D eigenvalue weighted by molar-refractivity contribution is -0.122. The highest BCUT2D eigenvalue weighted by Crippen LogP contribution is 2.21. The van der Waals surface area contributed by atoms with Crippen molar-refractivity contribution in [2.75, 3.05) is 20.8 Å². The van der Waals surface area contributed by atoms with Crippen molar-refractivity contribution in [3.05, 3.63) is 16.4 Å². The fourth-order valence-electron chi connectivity index (χ4n) is 2.06. The first-order valence-corrected chi connectivity index (χ1v) is 6.39. The first-order valence-electron chi connectivity index (χ1n) is 6.02. The number of methoxy groups -OCH3 is 2. The molecule has 0 bridgehead atoms. The number of hydrogen-bond acceptors (Lipinski definition) is 4. The number of halogens is 1. The van der Waals surface area contributed by atoms with Gasteiger partial charge in [-0.25, -0.2) is 0 Å². The van der Waals surface area contributed by atoms with E-state index in [1.54, 1.807) is 14.2 Å². The molecule has 0 aromatic carbocycles. The highest BCUT2D eigenvalue weighted by Gasteiger charge is 2.23. The van der Waals surface area contributed by atoms with Gasteiger partial charge in [0.15, 0.2) is 6.29 Å². The first-order chi connectivity index (χ1) is 8.54. The molecule has 6 heteroatoms. The van der Waals surface area contributed by atoms with Crippen molar-refractivity contribution < 1.29 is 9.47 Å². The van der Waals surface area contributed by atoms with Crippen molar-refractivity contribution >= 4 is 11.6 Å².